The lowest BCUT2D eigenvalue weighted by Crippen LogP contribution is -2.36. The van der Waals surface area contributed by atoms with Crippen LogP contribution >= 0.6 is 0 Å². The molecular weight excluding hydrogens is 254 g/mol. The first kappa shape index (κ1) is 15.8. The van der Waals surface area contributed by atoms with Gasteiger partial charge in [-0.15, -0.1) is 0 Å². The third kappa shape index (κ3) is 5.35. The van der Waals surface area contributed by atoms with Crippen LogP contribution in [0.25, 0.3) is 0 Å². The van der Waals surface area contributed by atoms with Gasteiger partial charge in [-0.1, -0.05) is 60.7 Å². The first-order valence-electron chi connectivity index (χ1n) is 7.91. The fourth-order valence-corrected chi connectivity index (χ4v) is 2.67. The number of nitrogens with one attached hydrogen (secondary N) is 1. The molecule has 0 heterocycles. The molecule has 2 aromatic carbocycles. The molecule has 0 radical (unpaired) electrons. The minimum Gasteiger partial charge on any atom is -0.312 e. The van der Waals surface area contributed by atoms with E-state index in [1.807, 2.05) is 0 Å². The molecule has 0 saturated carbocycles. The Morgan fingerprint density at radius 3 is 1.71 bits per heavy atom. The van der Waals surface area contributed by atoms with E-state index in [1.54, 1.807) is 0 Å². The fraction of sp³-hybridized carbons (Fsp3) is 0.400. The summed E-state index contributed by atoms with van der Waals surface area (Å²) >= 11 is 0. The lowest BCUT2D eigenvalue weighted by molar-refractivity contribution is 0.416. The zero-order valence-electron chi connectivity index (χ0n) is 13.5. The predicted octanol–water partition coefficient (Wildman–Crippen LogP) is 4.99. The maximum atomic E-state index is 3.58. The summed E-state index contributed by atoms with van der Waals surface area (Å²) in [4.78, 5) is 0. The van der Waals surface area contributed by atoms with Crippen LogP contribution in [0.1, 0.15) is 50.7 Å². The van der Waals surface area contributed by atoms with Crippen LogP contribution in [0.15, 0.2) is 60.7 Å². The second-order valence-electron chi connectivity index (χ2n) is 6.69. The lowest BCUT2D eigenvalue weighted by atomic mass is 9.87. The molecule has 0 spiro atoms. The molecule has 1 N–H and O–H groups in total. The topological polar surface area (TPSA) is 12.0 Å². The Bertz CT molecular complexity index is 471. The Hall–Kier alpha value is -1.60. The Labute approximate surface area is 129 Å². The van der Waals surface area contributed by atoms with Gasteiger partial charge in [-0.25, -0.2) is 0 Å². The first-order chi connectivity index (χ1) is 10.1. The molecule has 0 aliphatic rings. The molecule has 0 unspecified atom stereocenters. The zero-order valence-corrected chi connectivity index (χ0v) is 13.5. The Kier molecular flexibility index (Phi) is 5.58. The van der Waals surface area contributed by atoms with Crippen LogP contribution in [-0.2, 0) is 0 Å². The summed E-state index contributed by atoms with van der Waals surface area (Å²) in [6.07, 6.45) is 2.36. The Morgan fingerprint density at radius 1 is 0.810 bits per heavy atom. The van der Waals surface area contributed by atoms with Gasteiger partial charge in [0, 0.05) is 11.5 Å². The van der Waals surface area contributed by atoms with Crippen molar-refractivity contribution < 1.29 is 0 Å². The normalized spacial score (nSPS) is 11.8. The molecule has 112 valence electrons. The highest BCUT2D eigenvalue weighted by molar-refractivity contribution is 5.32. The molecule has 2 rings (SSSR count). The van der Waals surface area contributed by atoms with Crippen LogP contribution in [-0.4, -0.2) is 12.1 Å². The van der Waals surface area contributed by atoms with E-state index in [0.29, 0.717) is 5.92 Å². The number of rotatable bonds is 6. The van der Waals surface area contributed by atoms with E-state index in [4.69, 9.17) is 0 Å². The molecule has 1 heteroatoms. The van der Waals surface area contributed by atoms with E-state index in [1.165, 1.54) is 24.0 Å². The second kappa shape index (κ2) is 7.42. The summed E-state index contributed by atoms with van der Waals surface area (Å²) in [7, 11) is 0. The van der Waals surface area contributed by atoms with Crippen LogP contribution in [0.4, 0.5) is 0 Å². The molecule has 0 fully saturated rings. The van der Waals surface area contributed by atoms with Crippen LogP contribution in [0.2, 0.25) is 0 Å². The van der Waals surface area contributed by atoms with Crippen molar-refractivity contribution in [2.45, 2.75) is 45.1 Å². The van der Waals surface area contributed by atoms with Crippen LogP contribution in [0.3, 0.4) is 0 Å². The van der Waals surface area contributed by atoms with E-state index >= 15 is 0 Å². The van der Waals surface area contributed by atoms with Gasteiger partial charge in [0.25, 0.3) is 0 Å². The Balaban J connectivity index is 2.04. The molecule has 0 atom stereocenters. The van der Waals surface area contributed by atoms with Gasteiger partial charge in [-0.05, 0) is 51.3 Å². The maximum absolute atomic E-state index is 3.58. The molecule has 0 saturated heterocycles. The maximum Gasteiger partial charge on any atom is 0.00965 e. The summed E-state index contributed by atoms with van der Waals surface area (Å²) in [5, 5.41) is 3.58. The van der Waals surface area contributed by atoms with Gasteiger partial charge in [0.05, 0.1) is 0 Å². The van der Waals surface area contributed by atoms with Gasteiger partial charge in [0.2, 0.25) is 0 Å². The van der Waals surface area contributed by atoms with E-state index in [0.717, 1.165) is 6.54 Å². The van der Waals surface area contributed by atoms with Crippen molar-refractivity contribution in [2.24, 2.45) is 0 Å². The van der Waals surface area contributed by atoms with Crippen LogP contribution in [0, 0.1) is 0 Å². The van der Waals surface area contributed by atoms with E-state index < -0.39 is 0 Å². The lowest BCUT2D eigenvalue weighted by Gasteiger charge is -2.22. The highest BCUT2D eigenvalue weighted by atomic mass is 14.9. The van der Waals surface area contributed by atoms with Gasteiger partial charge in [-0.2, -0.15) is 0 Å². The average Bonchev–Trinajstić information content (AvgIpc) is 2.48. The third-order valence-electron chi connectivity index (χ3n) is 3.73. The van der Waals surface area contributed by atoms with Crippen molar-refractivity contribution in [1.29, 1.82) is 0 Å². The summed E-state index contributed by atoms with van der Waals surface area (Å²) in [6.45, 7) is 7.73. The fourth-order valence-electron chi connectivity index (χ4n) is 2.67. The number of hydrogen-bond acceptors (Lipinski definition) is 1. The van der Waals surface area contributed by atoms with Gasteiger partial charge < -0.3 is 5.32 Å². The smallest absolute Gasteiger partial charge is 0.00965 e. The molecule has 0 bridgehead atoms. The highest BCUT2D eigenvalue weighted by Crippen LogP contribution is 2.28. The first-order valence-corrected chi connectivity index (χ1v) is 7.91. The number of benzene rings is 2. The predicted molar refractivity (Wildman–Crippen MR) is 91.7 cm³/mol. The molecule has 0 amide bonds. The van der Waals surface area contributed by atoms with Crippen molar-refractivity contribution in [1.82, 2.24) is 5.32 Å². The minimum atomic E-state index is 0.203. The molecule has 2 aromatic rings. The van der Waals surface area contributed by atoms with Crippen LogP contribution < -0.4 is 5.32 Å². The van der Waals surface area contributed by atoms with Crippen molar-refractivity contribution in [3.8, 4) is 0 Å². The quantitative estimate of drug-likeness (QED) is 0.736. The molecule has 0 aliphatic carbocycles. The van der Waals surface area contributed by atoms with Crippen molar-refractivity contribution in [2.75, 3.05) is 6.54 Å². The summed E-state index contributed by atoms with van der Waals surface area (Å²) in [6, 6.07) is 21.7. The highest BCUT2D eigenvalue weighted by Gasteiger charge is 2.14. The van der Waals surface area contributed by atoms with Crippen molar-refractivity contribution in [3.63, 3.8) is 0 Å². The summed E-state index contributed by atoms with van der Waals surface area (Å²) < 4.78 is 0. The standard InChI is InChI=1S/C20H27N/c1-20(2,3)21-16-10-15-19(17-11-6-4-7-12-17)18-13-8-5-9-14-18/h4-9,11-14,19,21H,10,15-16H2,1-3H3. The van der Waals surface area contributed by atoms with Crippen molar-refractivity contribution in [3.05, 3.63) is 71.8 Å². The SMILES string of the molecule is CC(C)(C)NCCCC(c1ccccc1)c1ccccc1. The molecular formula is C20H27N. The van der Waals surface area contributed by atoms with Crippen LogP contribution in [0.5, 0.6) is 0 Å². The third-order valence-corrected chi connectivity index (χ3v) is 3.73. The van der Waals surface area contributed by atoms with Crippen molar-refractivity contribution >= 4 is 0 Å². The van der Waals surface area contributed by atoms with Gasteiger partial charge in [0.1, 0.15) is 0 Å². The van der Waals surface area contributed by atoms with E-state index in [2.05, 4.69) is 86.8 Å². The zero-order chi connectivity index (χ0) is 15.1. The molecule has 1 nitrogen and oxygen atoms in total. The molecule has 21 heavy (non-hydrogen) atoms. The van der Waals surface area contributed by atoms with Gasteiger partial charge in [0.15, 0.2) is 0 Å². The average molecular weight is 281 g/mol. The summed E-state index contributed by atoms with van der Waals surface area (Å²) in [5.74, 6) is 0.495. The minimum absolute atomic E-state index is 0.203. The molecule has 0 aliphatic heterocycles. The monoisotopic (exact) mass is 281 g/mol. The van der Waals surface area contributed by atoms with E-state index in [-0.39, 0.29) is 5.54 Å². The summed E-state index contributed by atoms with van der Waals surface area (Å²) in [5.41, 5.74) is 3.04. The molecule has 0 aromatic heterocycles. The van der Waals surface area contributed by atoms with Gasteiger partial charge in [-0.3, -0.25) is 0 Å². The van der Waals surface area contributed by atoms with Gasteiger partial charge >= 0.3 is 0 Å². The Morgan fingerprint density at radius 2 is 1.29 bits per heavy atom. The number of hydrogen-bond donors (Lipinski definition) is 1. The largest absolute Gasteiger partial charge is 0.312 e. The second-order valence-corrected chi connectivity index (χ2v) is 6.69. The van der Waals surface area contributed by atoms with E-state index in [9.17, 15) is 0 Å².